The summed E-state index contributed by atoms with van der Waals surface area (Å²) in [6, 6.07) is 14.7. The van der Waals surface area contributed by atoms with Gasteiger partial charge in [-0.3, -0.25) is 4.79 Å². The molecule has 3 rings (SSSR count). The Kier molecular flexibility index (Phi) is 5.68. The molecule has 1 heterocycles. The summed E-state index contributed by atoms with van der Waals surface area (Å²) >= 11 is 12.3. The van der Waals surface area contributed by atoms with E-state index >= 15 is 0 Å². The summed E-state index contributed by atoms with van der Waals surface area (Å²) in [5, 5.41) is 0.695. The molecule has 0 aliphatic carbocycles. The number of benzene rings is 2. The van der Waals surface area contributed by atoms with Crippen LogP contribution in [0, 0.1) is 0 Å². The molecule has 2 aromatic rings. The zero-order valence-electron chi connectivity index (χ0n) is 14.8. The van der Waals surface area contributed by atoms with E-state index in [9.17, 15) is 9.59 Å². The highest BCUT2D eigenvalue weighted by Crippen LogP contribution is 2.35. The van der Waals surface area contributed by atoms with Crippen molar-refractivity contribution in [1.29, 1.82) is 0 Å². The smallest absolute Gasteiger partial charge is 0.340 e. The van der Waals surface area contributed by atoms with Gasteiger partial charge in [0, 0.05) is 5.70 Å². The van der Waals surface area contributed by atoms with Crippen LogP contribution in [0.3, 0.4) is 0 Å². The van der Waals surface area contributed by atoms with Crippen molar-refractivity contribution in [3.63, 3.8) is 0 Å². The monoisotopic (exact) mass is 401 g/mol. The number of hydrogen-bond donors (Lipinski definition) is 0. The van der Waals surface area contributed by atoms with Crippen LogP contribution in [-0.2, 0) is 20.9 Å². The number of ether oxygens (including phenoxy) is 1. The van der Waals surface area contributed by atoms with Crippen LogP contribution in [0.1, 0.15) is 18.1 Å². The minimum absolute atomic E-state index is 0.231. The Balaban J connectivity index is 2.07. The lowest BCUT2D eigenvalue weighted by Crippen LogP contribution is -2.24. The minimum Gasteiger partial charge on any atom is -0.465 e. The Bertz CT molecular complexity index is 965. The lowest BCUT2D eigenvalue weighted by Gasteiger charge is -2.17. The van der Waals surface area contributed by atoms with Gasteiger partial charge in [0.25, 0.3) is 5.91 Å². The number of esters is 1. The third-order valence-corrected chi connectivity index (χ3v) is 5.20. The van der Waals surface area contributed by atoms with Crippen LogP contribution in [0.2, 0.25) is 10.0 Å². The Morgan fingerprint density at radius 2 is 1.81 bits per heavy atom. The fourth-order valence-corrected chi connectivity index (χ4v) is 3.33. The maximum absolute atomic E-state index is 13.1. The van der Waals surface area contributed by atoms with Crippen molar-refractivity contribution in [2.24, 2.45) is 0 Å². The van der Waals surface area contributed by atoms with Crippen LogP contribution in [-0.4, -0.2) is 23.9 Å². The number of allylic oxidation sites excluding steroid dienone is 1. The molecule has 1 aliphatic heterocycles. The molecule has 0 atom stereocenters. The normalized spacial score (nSPS) is 15.6. The van der Waals surface area contributed by atoms with Crippen LogP contribution in [0.25, 0.3) is 6.08 Å². The standard InChI is InChI=1S/C21H17Cl2NO3/c1-13-18(21(26)27-2)16(11-15-9-6-10-17(22)19(15)23)20(25)24(13)12-14-7-4-3-5-8-14/h3-11H,12H2,1-2H3/b16-11-. The second kappa shape index (κ2) is 7.99. The van der Waals surface area contributed by atoms with Gasteiger partial charge in [-0.1, -0.05) is 65.7 Å². The van der Waals surface area contributed by atoms with Crippen LogP contribution in [0.15, 0.2) is 65.4 Å². The van der Waals surface area contributed by atoms with Gasteiger partial charge in [0.2, 0.25) is 0 Å². The maximum Gasteiger partial charge on any atom is 0.340 e. The molecule has 0 unspecified atom stereocenters. The largest absolute Gasteiger partial charge is 0.465 e. The third-order valence-electron chi connectivity index (χ3n) is 4.37. The number of carbonyl (C=O) groups excluding carboxylic acids is 2. The van der Waals surface area contributed by atoms with Crippen molar-refractivity contribution in [3.05, 3.63) is 86.5 Å². The minimum atomic E-state index is -0.569. The molecule has 0 N–H and O–H groups in total. The number of methoxy groups -OCH3 is 1. The van der Waals surface area contributed by atoms with E-state index in [-0.39, 0.29) is 17.1 Å². The van der Waals surface area contributed by atoms with E-state index in [1.807, 2.05) is 30.3 Å². The van der Waals surface area contributed by atoms with Gasteiger partial charge in [-0.2, -0.15) is 0 Å². The number of nitrogens with zero attached hydrogens (tertiary/aromatic N) is 1. The summed E-state index contributed by atoms with van der Waals surface area (Å²) in [5.74, 6) is -0.853. The van der Waals surface area contributed by atoms with Crippen molar-refractivity contribution in [3.8, 4) is 0 Å². The Labute approximate surface area is 167 Å². The highest BCUT2D eigenvalue weighted by Gasteiger charge is 2.37. The SMILES string of the molecule is COC(=O)C1=C(C)N(Cc2ccccc2)C(=O)/C1=C\c1cccc(Cl)c1Cl. The molecule has 0 aromatic heterocycles. The molecule has 0 radical (unpaired) electrons. The van der Waals surface area contributed by atoms with Gasteiger partial charge in [-0.05, 0) is 30.2 Å². The molecule has 0 saturated carbocycles. The molecule has 2 aromatic carbocycles. The van der Waals surface area contributed by atoms with Gasteiger partial charge < -0.3 is 9.64 Å². The molecule has 1 aliphatic rings. The van der Waals surface area contributed by atoms with Gasteiger partial charge in [-0.15, -0.1) is 0 Å². The van der Waals surface area contributed by atoms with E-state index in [4.69, 9.17) is 27.9 Å². The average molecular weight is 402 g/mol. The van der Waals surface area contributed by atoms with E-state index in [1.54, 1.807) is 36.1 Å². The van der Waals surface area contributed by atoms with Gasteiger partial charge in [0.1, 0.15) is 0 Å². The predicted molar refractivity (Wildman–Crippen MR) is 106 cm³/mol. The molecule has 0 bridgehead atoms. The first-order valence-corrected chi connectivity index (χ1v) is 9.00. The van der Waals surface area contributed by atoms with Crippen LogP contribution in [0.5, 0.6) is 0 Å². The van der Waals surface area contributed by atoms with Crippen LogP contribution >= 0.6 is 23.2 Å². The highest BCUT2D eigenvalue weighted by molar-refractivity contribution is 6.43. The van der Waals surface area contributed by atoms with Crippen molar-refractivity contribution >= 4 is 41.2 Å². The first kappa shape index (κ1) is 19.2. The summed E-state index contributed by atoms with van der Waals surface area (Å²) in [4.78, 5) is 27.0. The first-order chi connectivity index (χ1) is 12.9. The summed E-state index contributed by atoms with van der Waals surface area (Å²) < 4.78 is 4.90. The molecule has 0 spiro atoms. The van der Waals surface area contributed by atoms with E-state index in [2.05, 4.69) is 0 Å². The zero-order chi connectivity index (χ0) is 19.6. The molecular formula is C21H17Cl2NO3. The number of amides is 1. The van der Waals surface area contributed by atoms with Crippen molar-refractivity contribution in [2.75, 3.05) is 7.11 Å². The molecule has 138 valence electrons. The van der Waals surface area contributed by atoms with Gasteiger partial charge >= 0.3 is 5.97 Å². The lowest BCUT2D eigenvalue weighted by atomic mass is 10.0. The number of carbonyl (C=O) groups is 2. The molecule has 27 heavy (non-hydrogen) atoms. The van der Waals surface area contributed by atoms with Crippen molar-refractivity contribution in [2.45, 2.75) is 13.5 Å². The zero-order valence-corrected chi connectivity index (χ0v) is 16.3. The second-order valence-corrected chi connectivity index (χ2v) is 6.82. The van der Waals surface area contributed by atoms with E-state index in [0.29, 0.717) is 27.9 Å². The van der Waals surface area contributed by atoms with Crippen molar-refractivity contribution in [1.82, 2.24) is 4.90 Å². The van der Waals surface area contributed by atoms with E-state index in [0.717, 1.165) is 5.56 Å². The molecule has 0 fully saturated rings. The molecular weight excluding hydrogens is 385 g/mol. The predicted octanol–water partition coefficient (Wildman–Crippen LogP) is 4.87. The van der Waals surface area contributed by atoms with Crippen molar-refractivity contribution < 1.29 is 14.3 Å². The summed E-state index contributed by atoms with van der Waals surface area (Å²) in [6.07, 6.45) is 1.58. The number of halogens is 2. The third kappa shape index (κ3) is 3.77. The molecule has 6 heteroatoms. The quantitative estimate of drug-likeness (QED) is 0.542. The van der Waals surface area contributed by atoms with Gasteiger partial charge in [-0.25, -0.2) is 4.79 Å². The number of rotatable bonds is 4. The Morgan fingerprint density at radius 3 is 2.48 bits per heavy atom. The molecule has 0 saturated heterocycles. The second-order valence-electron chi connectivity index (χ2n) is 6.03. The van der Waals surface area contributed by atoms with Gasteiger partial charge in [0.05, 0.1) is 34.8 Å². The number of hydrogen-bond acceptors (Lipinski definition) is 3. The summed E-state index contributed by atoms with van der Waals surface area (Å²) in [6.45, 7) is 2.08. The fraction of sp³-hybridized carbons (Fsp3) is 0.143. The summed E-state index contributed by atoms with van der Waals surface area (Å²) in [5.41, 5.74) is 2.52. The first-order valence-electron chi connectivity index (χ1n) is 8.25. The molecule has 1 amide bonds. The van der Waals surface area contributed by atoms with Crippen LogP contribution in [0.4, 0.5) is 0 Å². The molecule has 4 nitrogen and oxygen atoms in total. The Morgan fingerprint density at radius 1 is 1.11 bits per heavy atom. The lowest BCUT2D eigenvalue weighted by molar-refractivity contribution is -0.136. The average Bonchev–Trinajstić information content (AvgIpc) is 2.90. The highest BCUT2D eigenvalue weighted by atomic mass is 35.5. The van der Waals surface area contributed by atoms with Gasteiger partial charge in [0.15, 0.2) is 0 Å². The topological polar surface area (TPSA) is 46.6 Å². The van der Waals surface area contributed by atoms with E-state index in [1.165, 1.54) is 7.11 Å². The summed E-state index contributed by atoms with van der Waals surface area (Å²) in [7, 11) is 1.29. The van der Waals surface area contributed by atoms with E-state index < -0.39 is 5.97 Å². The fourth-order valence-electron chi connectivity index (χ4n) is 2.97. The Hall–Kier alpha value is -2.56. The van der Waals surface area contributed by atoms with Crippen LogP contribution < -0.4 is 0 Å². The maximum atomic E-state index is 13.1.